The molecule has 0 aromatic carbocycles. The summed E-state index contributed by atoms with van der Waals surface area (Å²) in [6.07, 6.45) is 4.87. The van der Waals surface area contributed by atoms with Crippen LogP contribution in [0.25, 0.3) is 0 Å². The van der Waals surface area contributed by atoms with Crippen molar-refractivity contribution in [2.45, 2.75) is 31.9 Å². The van der Waals surface area contributed by atoms with Crippen molar-refractivity contribution >= 4 is 11.8 Å². The molecule has 1 aliphatic heterocycles. The van der Waals surface area contributed by atoms with Gasteiger partial charge in [0, 0.05) is 17.6 Å². The molecule has 0 aromatic heterocycles. The minimum absolute atomic E-state index is 0.745. The van der Waals surface area contributed by atoms with E-state index in [1.54, 1.807) is 0 Å². The first kappa shape index (κ1) is 10.1. The maximum Gasteiger partial charge on any atom is 0.0585 e. The summed E-state index contributed by atoms with van der Waals surface area (Å²) in [5, 5.41) is 0.745. The molecule has 70 valence electrons. The Morgan fingerprint density at radius 2 is 2.42 bits per heavy atom. The van der Waals surface area contributed by atoms with E-state index in [0.29, 0.717) is 0 Å². The fraction of sp³-hybridized carbons (Fsp3) is 0.800. The third-order valence-corrected chi connectivity index (χ3v) is 3.14. The molecular formula is C10H18OS. The fourth-order valence-electron chi connectivity index (χ4n) is 1.19. The molecule has 1 unspecified atom stereocenters. The Kier molecular flexibility index (Phi) is 4.77. The van der Waals surface area contributed by atoms with Gasteiger partial charge in [-0.05, 0) is 26.7 Å². The SMILES string of the molecule is CC(C)=CCSC1CCCOC1. The van der Waals surface area contributed by atoms with Crippen molar-refractivity contribution in [2.75, 3.05) is 19.0 Å². The van der Waals surface area contributed by atoms with Crippen molar-refractivity contribution in [2.24, 2.45) is 0 Å². The lowest BCUT2D eigenvalue weighted by Gasteiger charge is -2.20. The van der Waals surface area contributed by atoms with Gasteiger partial charge in [-0.25, -0.2) is 0 Å². The van der Waals surface area contributed by atoms with Gasteiger partial charge in [0.2, 0.25) is 0 Å². The normalized spacial score (nSPS) is 23.7. The van der Waals surface area contributed by atoms with Crippen LogP contribution in [0.15, 0.2) is 11.6 Å². The number of allylic oxidation sites excluding steroid dienone is 1. The van der Waals surface area contributed by atoms with Crippen molar-refractivity contribution in [1.82, 2.24) is 0 Å². The lowest BCUT2D eigenvalue weighted by molar-refractivity contribution is 0.101. The molecule has 0 bridgehead atoms. The van der Waals surface area contributed by atoms with E-state index >= 15 is 0 Å². The number of rotatable bonds is 3. The highest BCUT2D eigenvalue weighted by molar-refractivity contribution is 8.00. The van der Waals surface area contributed by atoms with Crippen LogP contribution in [0.1, 0.15) is 26.7 Å². The Labute approximate surface area is 79.6 Å². The van der Waals surface area contributed by atoms with Crippen molar-refractivity contribution in [3.8, 4) is 0 Å². The third-order valence-electron chi connectivity index (χ3n) is 1.94. The van der Waals surface area contributed by atoms with Crippen molar-refractivity contribution in [3.05, 3.63) is 11.6 Å². The van der Waals surface area contributed by atoms with Gasteiger partial charge in [0.1, 0.15) is 0 Å². The highest BCUT2D eigenvalue weighted by atomic mass is 32.2. The van der Waals surface area contributed by atoms with Gasteiger partial charge in [0.05, 0.1) is 6.61 Å². The van der Waals surface area contributed by atoms with Crippen molar-refractivity contribution in [3.63, 3.8) is 0 Å². The average Bonchev–Trinajstić information content (AvgIpc) is 2.05. The fourth-order valence-corrected chi connectivity index (χ4v) is 2.42. The zero-order valence-electron chi connectivity index (χ0n) is 8.01. The molecule has 1 fully saturated rings. The monoisotopic (exact) mass is 186 g/mol. The highest BCUT2D eigenvalue weighted by Gasteiger charge is 2.12. The molecule has 12 heavy (non-hydrogen) atoms. The summed E-state index contributed by atoms with van der Waals surface area (Å²) in [7, 11) is 0. The molecule has 0 amide bonds. The van der Waals surface area contributed by atoms with E-state index in [4.69, 9.17) is 4.74 Å². The maximum absolute atomic E-state index is 5.40. The molecule has 1 saturated heterocycles. The molecule has 1 rings (SSSR count). The van der Waals surface area contributed by atoms with Crippen LogP contribution in [-0.4, -0.2) is 24.2 Å². The highest BCUT2D eigenvalue weighted by Crippen LogP contribution is 2.20. The molecular weight excluding hydrogens is 168 g/mol. The van der Waals surface area contributed by atoms with Crippen LogP contribution < -0.4 is 0 Å². The second-order valence-corrected chi connectivity index (χ2v) is 4.79. The molecule has 1 aliphatic rings. The maximum atomic E-state index is 5.40. The summed E-state index contributed by atoms with van der Waals surface area (Å²) < 4.78 is 5.40. The number of hydrogen-bond acceptors (Lipinski definition) is 2. The van der Waals surface area contributed by atoms with Crippen LogP contribution in [0.4, 0.5) is 0 Å². The summed E-state index contributed by atoms with van der Waals surface area (Å²) in [5.74, 6) is 1.15. The summed E-state index contributed by atoms with van der Waals surface area (Å²) in [6.45, 7) is 6.23. The van der Waals surface area contributed by atoms with Gasteiger partial charge in [0.25, 0.3) is 0 Å². The zero-order valence-corrected chi connectivity index (χ0v) is 8.82. The van der Waals surface area contributed by atoms with E-state index in [1.807, 2.05) is 11.8 Å². The molecule has 1 atom stereocenters. The molecule has 0 saturated carbocycles. The average molecular weight is 186 g/mol. The minimum atomic E-state index is 0.745. The Hall–Kier alpha value is 0.0500. The standard InChI is InChI=1S/C10H18OS/c1-9(2)5-7-12-10-4-3-6-11-8-10/h5,10H,3-4,6-8H2,1-2H3. The third kappa shape index (κ3) is 4.17. The molecule has 2 heteroatoms. The van der Waals surface area contributed by atoms with Gasteiger partial charge in [-0.15, -0.1) is 0 Å². The molecule has 0 N–H and O–H groups in total. The topological polar surface area (TPSA) is 9.23 Å². The molecule has 0 radical (unpaired) electrons. The largest absolute Gasteiger partial charge is 0.380 e. The predicted molar refractivity (Wildman–Crippen MR) is 55.7 cm³/mol. The summed E-state index contributed by atoms with van der Waals surface area (Å²) >= 11 is 2.02. The number of ether oxygens (including phenoxy) is 1. The summed E-state index contributed by atoms with van der Waals surface area (Å²) in [6, 6.07) is 0. The Bertz CT molecular complexity index is 144. The van der Waals surface area contributed by atoms with Gasteiger partial charge >= 0.3 is 0 Å². The molecule has 0 aliphatic carbocycles. The van der Waals surface area contributed by atoms with Crippen LogP contribution in [0, 0.1) is 0 Å². The van der Waals surface area contributed by atoms with Crippen LogP contribution in [-0.2, 0) is 4.74 Å². The lowest BCUT2D eigenvalue weighted by atomic mass is 10.2. The van der Waals surface area contributed by atoms with Gasteiger partial charge in [0.15, 0.2) is 0 Å². The van der Waals surface area contributed by atoms with E-state index in [9.17, 15) is 0 Å². The van der Waals surface area contributed by atoms with Crippen LogP contribution in [0.5, 0.6) is 0 Å². The van der Waals surface area contributed by atoms with Gasteiger partial charge in [-0.1, -0.05) is 11.6 Å². The molecule has 0 spiro atoms. The van der Waals surface area contributed by atoms with Gasteiger partial charge < -0.3 is 4.74 Å². The van der Waals surface area contributed by atoms with E-state index in [2.05, 4.69) is 19.9 Å². The first-order valence-electron chi connectivity index (χ1n) is 4.62. The quantitative estimate of drug-likeness (QED) is 0.627. The van der Waals surface area contributed by atoms with Gasteiger partial charge in [-0.3, -0.25) is 0 Å². The van der Waals surface area contributed by atoms with Crippen LogP contribution in [0.2, 0.25) is 0 Å². The Morgan fingerprint density at radius 3 is 3.00 bits per heavy atom. The predicted octanol–water partition coefficient (Wildman–Crippen LogP) is 2.86. The Morgan fingerprint density at radius 1 is 1.58 bits per heavy atom. The molecule has 0 aromatic rings. The number of hydrogen-bond donors (Lipinski definition) is 0. The zero-order chi connectivity index (χ0) is 8.81. The van der Waals surface area contributed by atoms with E-state index in [-0.39, 0.29) is 0 Å². The lowest BCUT2D eigenvalue weighted by Crippen LogP contribution is -2.19. The first-order valence-corrected chi connectivity index (χ1v) is 5.66. The summed E-state index contributed by atoms with van der Waals surface area (Å²) in [4.78, 5) is 0. The minimum Gasteiger partial charge on any atom is -0.380 e. The van der Waals surface area contributed by atoms with E-state index < -0.39 is 0 Å². The second-order valence-electron chi connectivity index (χ2n) is 3.45. The smallest absolute Gasteiger partial charge is 0.0585 e. The summed E-state index contributed by atoms with van der Waals surface area (Å²) in [5.41, 5.74) is 1.42. The molecule has 1 heterocycles. The van der Waals surface area contributed by atoms with Crippen LogP contribution >= 0.6 is 11.8 Å². The Balaban J connectivity index is 2.09. The van der Waals surface area contributed by atoms with Crippen molar-refractivity contribution in [1.29, 1.82) is 0 Å². The molecule has 1 nitrogen and oxygen atoms in total. The first-order chi connectivity index (χ1) is 5.79. The van der Waals surface area contributed by atoms with E-state index in [1.165, 1.54) is 18.4 Å². The van der Waals surface area contributed by atoms with Crippen LogP contribution in [0.3, 0.4) is 0 Å². The number of thioether (sulfide) groups is 1. The van der Waals surface area contributed by atoms with E-state index in [0.717, 1.165) is 24.2 Å². The second kappa shape index (κ2) is 5.65. The van der Waals surface area contributed by atoms with Crippen molar-refractivity contribution < 1.29 is 4.74 Å². The van der Waals surface area contributed by atoms with Gasteiger partial charge in [-0.2, -0.15) is 11.8 Å².